The summed E-state index contributed by atoms with van der Waals surface area (Å²) in [6, 6.07) is 12.2. The highest BCUT2D eigenvalue weighted by molar-refractivity contribution is 7.89. The first-order chi connectivity index (χ1) is 13.0. The van der Waals surface area contributed by atoms with Crippen molar-refractivity contribution in [3.63, 3.8) is 0 Å². The van der Waals surface area contributed by atoms with Crippen LogP contribution in [-0.2, 0) is 17.1 Å². The highest BCUT2D eigenvalue weighted by atomic mass is 32.2. The molecule has 4 rings (SSSR count). The minimum atomic E-state index is -3.11. The Bertz CT molecular complexity index is 1050. The molecule has 1 aromatic carbocycles. The van der Waals surface area contributed by atoms with Crippen LogP contribution in [0.4, 0.5) is 0 Å². The summed E-state index contributed by atoms with van der Waals surface area (Å²) in [5.74, 6) is 0.421. The molecule has 0 aliphatic carbocycles. The maximum absolute atomic E-state index is 12.1. The van der Waals surface area contributed by atoms with Crippen LogP contribution in [0, 0.1) is 0 Å². The molecular weight excluding hydrogens is 360 g/mol. The number of fused-ring (bicyclic) bond motifs is 1. The zero-order valence-corrected chi connectivity index (χ0v) is 16.5. The fourth-order valence-corrected chi connectivity index (χ4v) is 4.90. The smallest absolute Gasteiger partial charge is 0.213 e. The predicted molar refractivity (Wildman–Crippen MR) is 107 cm³/mol. The van der Waals surface area contributed by atoms with Gasteiger partial charge in [-0.15, -0.1) is 0 Å². The predicted octanol–water partition coefficient (Wildman–Crippen LogP) is 3.16. The third kappa shape index (κ3) is 3.37. The highest BCUT2D eigenvalue weighted by Crippen LogP contribution is 2.33. The lowest BCUT2D eigenvalue weighted by atomic mass is 9.93. The Balaban J connectivity index is 1.70. The lowest BCUT2D eigenvalue weighted by Gasteiger charge is -2.30. The van der Waals surface area contributed by atoms with Gasteiger partial charge in [-0.1, -0.05) is 30.3 Å². The number of nitrogens with zero attached hydrogens (tertiary/aromatic N) is 4. The van der Waals surface area contributed by atoms with Gasteiger partial charge in [0.1, 0.15) is 5.52 Å². The SMILES string of the molecule is CCS(=O)(=O)N1CCC(c2cc3c(ncn3C)c(-c3ccccc3)n2)CC1. The molecule has 1 saturated heterocycles. The van der Waals surface area contributed by atoms with E-state index in [0.717, 1.165) is 40.8 Å². The Labute approximate surface area is 159 Å². The van der Waals surface area contributed by atoms with Crippen LogP contribution < -0.4 is 0 Å². The molecule has 2 aromatic heterocycles. The van der Waals surface area contributed by atoms with Gasteiger partial charge in [-0.2, -0.15) is 0 Å². The summed E-state index contributed by atoms with van der Waals surface area (Å²) in [7, 11) is -1.12. The van der Waals surface area contributed by atoms with Crippen LogP contribution >= 0.6 is 0 Å². The van der Waals surface area contributed by atoms with Crippen molar-refractivity contribution in [2.45, 2.75) is 25.7 Å². The highest BCUT2D eigenvalue weighted by Gasteiger charge is 2.28. The second-order valence-electron chi connectivity index (χ2n) is 7.06. The Morgan fingerprint density at radius 2 is 1.85 bits per heavy atom. The summed E-state index contributed by atoms with van der Waals surface area (Å²) in [6.45, 7) is 2.82. The maximum Gasteiger partial charge on any atom is 0.213 e. The van der Waals surface area contributed by atoms with Gasteiger partial charge < -0.3 is 4.57 Å². The molecule has 0 amide bonds. The van der Waals surface area contributed by atoms with Crippen LogP contribution in [0.25, 0.3) is 22.3 Å². The van der Waals surface area contributed by atoms with Crippen molar-refractivity contribution >= 4 is 21.1 Å². The lowest BCUT2D eigenvalue weighted by molar-refractivity contribution is 0.317. The van der Waals surface area contributed by atoms with Crippen LogP contribution in [-0.4, -0.2) is 46.1 Å². The van der Waals surface area contributed by atoms with Gasteiger partial charge in [0.05, 0.1) is 23.3 Å². The average molecular weight is 385 g/mol. The largest absolute Gasteiger partial charge is 0.334 e. The third-order valence-electron chi connectivity index (χ3n) is 5.41. The average Bonchev–Trinajstić information content (AvgIpc) is 3.09. The van der Waals surface area contributed by atoms with Crippen molar-refractivity contribution < 1.29 is 8.42 Å². The van der Waals surface area contributed by atoms with Gasteiger partial charge in [0.25, 0.3) is 0 Å². The van der Waals surface area contributed by atoms with Crippen molar-refractivity contribution in [1.29, 1.82) is 0 Å². The Kier molecular flexibility index (Phi) is 4.74. The Hall–Kier alpha value is -2.25. The van der Waals surface area contributed by atoms with E-state index in [-0.39, 0.29) is 11.7 Å². The number of hydrogen-bond acceptors (Lipinski definition) is 4. The number of imidazole rings is 1. The molecule has 1 fully saturated rings. The number of piperidine rings is 1. The van der Waals surface area contributed by atoms with Crippen LogP contribution in [0.1, 0.15) is 31.4 Å². The molecule has 7 heteroatoms. The molecule has 1 aliphatic rings. The Morgan fingerprint density at radius 1 is 1.15 bits per heavy atom. The number of hydrogen-bond donors (Lipinski definition) is 0. The molecule has 3 heterocycles. The van der Waals surface area contributed by atoms with Crippen molar-refractivity contribution in [1.82, 2.24) is 18.8 Å². The van der Waals surface area contributed by atoms with Gasteiger partial charge in [-0.25, -0.2) is 17.7 Å². The zero-order chi connectivity index (χ0) is 19.0. The maximum atomic E-state index is 12.1. The van der Waals surface area contributed by atoms with Crippen LogP contribution in [0.2, 0.25) is 0 Å². The van der Waals surface area contributed by atoms with Gasteiger partial charge in [0.15, 0.2) is 0 Å². The molecule has 142 valence electrons. The third-order valence-corrected chi connectivity index (χ3v) is 7.29. The summed E-state index contributed by atoms with van der Waals surface area (Å²) < 4.78 is 27.9. The minimum absolute atomic E-state index is 0.162. The normalized spacial score (nSPS) is 16.8. The first kappa shape index (κ1) is 18.1. The molecule has 27 heavy (non-hydrogen) atoms. The fourth-order valence-electron chi connectivity index (χ4n) is 3.77. The second-order valence-corrected chi connectivity index (χ2v) is 9.32. The lowest BCUT2D eigenvalue weighted by Crippen LogP contribution is -2.38. The summed E-state index contributed by atoms with van der Waals surface area (Å²) in [5, 5.41) is 0. The van der Waals surface area contributed by atoms with Gasteiger partial charge in [-0.3, -0.25) is 4.98 Å². The molecule has 0 radical (unpaired) electrons. The zero-order valence-electron chi connectivity index (χ0n) is 15.7. The molecule has 0 saturated carbocycles. The number of pyridine rings is 1. The first-order valence-corrected chi connectivity index (χ1v) is 11.0. The quantitative estimate of drug-likeness (QED) is 0.693. The summed E-state index contributed by atoms with van der Waals surface area (Å²) in [4.78, 5) is 9.52. The molecule has 0 bridgehead atoms. The molecule has 0 N–H and O–H groups in total. The Morgan fingerprint density at radius 3 is 2.52 bits per heavy atom. The number of sulfonamides is 1. The number of rotatable bonds is 4. The molecule has 0 atom stereocenters. The van der Waals surface area contributed by atoms with Crippen molar-refractivity contribution in [3.8, 4) is 11.3 Å². The van der Waals surface area contributed by atoms with E-state index in [1.807, 2.05) is 36.1 Å². The van der Waals surface area contributed by atoms with Gasteiger partial charge in [-0.05, 0) is 25.8 Å². The first-order valence-electron chi connectivity index (χ1n) is 9.35. The molecule has 6 nitrogen and oxygen atoms in total. The summed E-state index contributed by atoms with van der Waals surface area (Å²) in [5.41, 5.74) is 4.93. The van der Waals surface area contributed by atoms with Crippen LogP contribution in [0.15, 0.2) is 42.7 Å². The molecule has 1 aliphatic heterocycles. The topological polar surface area (TPSA) is 68.1 Å². The van der Waals surface area contributed by atoms with E-state index in [1.54, 1.807) is 11.2 Å². The van der Waals surface area contributed by atoms with E-state index in [4.69, 9.17) is 4.98 Å². The second kappa shape index (κ2) is 7.05. The van der Waals surface area contributed by atoms with Gasteiger partial charge >= 0.3 is 0 Å². The monoisotopic (exact) mass is 384 g/mol. The van der Waals surface area contributed by atoms with E-state index < -0.39 is 10.0 Å². The number of aryl methyl sites for hydroxylation is 1. The standard InChI is InChI=1S/C20H24N4O2S/c1-3-27(25,26)24-11-9-15(10-12-24)17-13-18-20(21-14-23(18)2)19(22-17)16-7-5-4-6-8-16/h4-8,13-15H,3,9-12H2,1-2H3. The number of benzene rings is 1. The molecular formula is C20H24N4O2S. The van der Waals surface area contributed by atoms with Gasteiger partial charge in [0, 0.05) is 37.3 Å². The molecule has 3 aromatic rings. The van der Waals surface area contributed by atoms with E-state index in [2.05, 4.69) is 23.2 Å². The minimum Gasteiger partial charge on any atom is -0.334 e. The summed E-state index contributed by atoms with van der Waals surface area (Å²) in [6.07, 6.45) is 3.41. The van der Waals surface area contributed by atoms with Gasteiger partial charge in [0.2, 0.25) is 10.0 Å². The van der Waals surface area contributed by atoms with Crippen LogP contribution in [0.3, 0.4) is 0 Å². The van der Waals surface area contributed by atoms with E-state index in [1.165, 1.54) is 0 Å². The van der Waals surface area contributed by atoms with E-state index in [0.29, 0.717) is 13.1 Å². The van der Waals surface area contributed by atoms with E-state index >= 15 is 0 Å². The molecule has 0 spiro atoms. The van der Waals surface area contributed by atoms with Crippen LogP contribution in [0.5, 0.6) is 0 Å². The van der Waals surface area contributed by atoms with E-state index in [9.17, 15) is 8.42 Å². The number of aromatic nitrogens is 3. The molecule has 0 unspecified atom stereocenters. The van der Waals surface area contributed by atoms with Crippen molar-refractivity contribution in [2.75, 3.05) is 18.8 Å². The van der Waals surface area contributed by atoms with Crippen molar-refractivity contribution in [3.05, 3.63) is 48.4 Å². The fraction of sp³-hybridized carbons (Fsp3) is 0.400. The summed E-state index contributed by atoms with van der Waals surface area (Å²) >= 11 is 0. The van der Waals surface area contributed by atoms with Crippen molar-refractivity contribution in [2.24, 2.45) is 7.05 Å².